The molecule has 2 N–H and O–H groups in total. The molecule has 0 spiro atoms. The van der Waals surface area contributed by atoms with Gasteiger partial charge in [0.25, 0.3) is 5.91 Å². The number of phenols is 2. The van der Waals surface area contributed by atoms with Crippen LogP contribution in [-0.4, -0.2) is 45.2 Å². The Kier molecular flexibility index (Phi) is 5.24. The summed E-state index contributed by atoms with van der Waals surface area (Å²) >= 11 is 0. The molecule has 2 aliphatic heterocycles. The maximum Gasteiger partial charge on any atom is 0.255 e. The zero-order chi connectivity index (χ0) is 24.0. The number of likely N-dealkylation sites (tertiary alicyclic amines) is 1. The molecule has 0 aromatic heterocycles. The lowest BCUT2D eigenvalue weighted by Gasteiger charge is -2.22. The Morgan fingerprint density at radius 3 is 2.18 bits per heavy atom. The molecule has 2 unspecified atom stereocenters. The minimum atomic E-state index is -1.03. The van der Waals surface area contributed by atoms with Gasteiger partial charge in [-0.1, -0.05) is 18.2 Å². The fraction of sp³-hybridized carbons (Fsp3) is 0.160. The number of hydrogen-bond donors (Lipinski definition) is 2. The van der Waals surface area contributed by atoms with Gasteiger partial charge in [-0.05, 0) is 60.5 Å². The highest BCUT2D eigenvalue weighted by atomic mass is 19.1. The number of aromatic hydroxyl groups is 2. The number of anilines is 1. The van der Waals surface area contributed by atoms with Crippen molar-refractivity contribution in [3.63, 3.8) is 0 Å². The molecule has 3 aromatic carbocycles. The molecule has 172 valence electrons. The van der Waals surface area contributed by atoms with Crippen molar-refractivity contribution in [2.45, 2.75) is 12.5 Å². The van der Waals surface area contributed by atoms with Crippen LogP contribution in [0.2, 0.25) is 0 Å². The molecule has 2 amide bonds. The summed E-state index contributed by atoms with van der Waals surface area (Å²) in [4.78, 5) is 27.9. The van der Waals surface area contributed by atoms with Crippen LogP contribution in [0.1, 0.15) is 11.1 Å². The number of carbonyl (C=O) groups is 2. The van der Waals surface area contributed by atoms with Crippen molar-refractivity contribution in [3.8, 4) is 11.5 Å². The third-order valence-electron chi connectivity index (χ3n) is 6.06. The smallest absolute Gasteiger partial charge is 0.255 e. The lowest BCUT2D eigenvalue weighted by Crippen LogP contribution is -2.39. The first-order chi connectivity index (χ1) is 16.3. The van der Waals surface area contributed by atoms with Crippen molar-refractivity contribution in [3.05, 3.63) is 89.5 Å². The highest BCUT2D eigenvalue weighted by Gasteiger charge is 2.57. The van der Waals surface area contributed by atoms with E-state index in [1.54, 1.807) is 12.1 Å². The lowest BCUT2D eigenvalue weighted by molar-refractivity contribution is -0.139. The normalized spacial score (nSPS) is 19.5. The second kappa shape index (κ2) is 8.26. The van der Waals surface area contributed by atoms with Crippen LogP contribution in [0.25, 0.3) is 0 Å². The summed E-state index contributed by atoms with van der Waals surface area (Å²) < 4.78 is 26.7. The van der Waals surface area contributed by atoms with Crippen molar-refractivity contribution in [2.24, 2.45) is 11.0 Å². The molecule has 34 heavy (non-hydrogen) atoms. The maximum atomic E-state index is 13.5. The van der Waals surface area contributed by atoms with E-state index in [2.05, 4.69) is 5.10 Å². The van der Waals surface area contributed by atoms with Crippen LogP contribution >= 0.6 is 0 Å². The first kappa shape index (κ1) is 21.6. The SMILES string of the molecule is O=C1C2C(c3cccc(O)c3O)=NN(c3ccc(F)cc3)C2C(=O)N1CCc1ccc(F)cc1. The Hall–Kier alpha value is -4.27. The third-order valence-corrected chi connectivity index (χ3v) is 6.06. The minimum absolute atomic E-state index is 0.0762. The molecule has 0 bridgehead atoms. The number of benzene rings is 3. The summed E-state index contributed by atoms with van der Waals surface area (Å²) in [5.74, 6) is -3.70. The van der Waals surface area contributed by atoms with Gasteiger partial charge < -0.3 is 10.2 Å². The number of hydrogen-bond acceptors (Lipinski definition) is 6. The minimum Gasteiger partial charge on any atom is -0.504 e. The number of fused-ring (bicyclic) bond motifs is 1. The predicted octanol–water partition coefficient (Wildman–Crippen LogP) is 3.20. The van der Waals surface area contributed by atoms with Gasteiger partial charge in [0.05, 0.1) is 11.4 Å². The van der Waals surface area contributed by atoms with E-state index < -0.39 is 35.3 Å². The van der Waals surface area contributed by atoms with Crippen molar-refractivity contribution >= 4 is 23.2 Å². The first-order valence-corrected chi connectivity index (χ1v) is 10.6. The van der Waals surface area contributed by atoms with Crippen LogP contribution in [0.4, 0.5) is 14.5 Å². The van der Waals surface area contributed by atoms with Gasteiger partial charge in [-0.15, -0.1) is 0 Å². The van der Waals surface area contributed by atoms with Crippen LogP contribution in [0.3, 0.4) is 0 Å². The van der Waals surface area contributed by atoms with Crippen LogP contribution in [0.5, 0.6) is 11.5 Å². The molecular formula is C25H19F2N3O4. The molecule has 0 saturated carbocycles. The molecule has 3 aromatic rings. The van der Waals surface area contributed by atoms with Crippen LogP contribution in [-0.2, 0) is 16.0 Å². The van der Waals surface area contributed by atoms with Gasteiger partial charge in [0.2, 0.25) is 5.91 Å². The Labute approximate surface area is 193 Å². The number of carbonyl (C=O) groups excluding carboxylic acids is 2. The molecular weight excluding hydrogens is 444 g/mol. The van der Waals surface area contributed by atoms with Crippen LogP contribution < -0.4 is 5.01 Å². The Morgan fingerprint density at radius 1 is 0.853 bits per heavy atom. The average Bonchev–Trinajstić information content (AvgIpc) is 3.33. The highest BCUT2D eigenvalue weighted by Crippen LogP contribution is 2.40. The monoisotopic (exact) mass is 463 g/mol. The summed E-state index contributed by atoms with van der Waals surface area (Å²) in [5, 5.41) is 26.2. The summed E-state index contributed by atoms with van der Waals surface area (Å²) in [7, 11) is 0. The fourth-order valence-corrected chi connectivity index (χ4v) is 4.35. The number of halogens is 2. The molecule has 9 heteroatoms. The largest absolute Gasteiger partial charge is 0.504 e. The summed E-state index contributed by atoms with van der Waals surface area (Å²) in [6, 6.07) is 14.4. The Morgan fingerprint density at radius 2 is 1.50 bits per heavy atom. The third kappa shape index (κ3) is 3.55. The van der Waals surface area contributed by atoms with Crippen LogP contribution in [0.15, 0.2) is 71.8 Å². The zero-order valence-corrected chi connectivity index (χ0v) is 17.7. The molecule has 0 radical (unpaired) electrons. The molecule has 2 aliphatic rings. The number of rotatable bonds is 5. The number of para-hydroxylation sites is 1. The number of imide groups is 1. The molecule has 2 heterocycles. The van der Waals surface area contributed by atoms with Gasteiger partial charge >= 0.3 is 0 Å². The van der Waals surface area contributed by atoms with Crippen molar-refractivity contribution in [1.82, 2.24) is 4.90 Å². The zero-order valence-electron chi connectivity index (χ0n) is 17.7. The standard InChI is InChI=1S/C25H19F2N3O4/c26-15-6-4-14(5-7-15)12-13-29-24(33)20-21(18-2-1-3-19(31)23(18)32)28-30(22(20)25(29)34)17-10-8-16(27)9-11-17/h1-11,20,22,31-32H,12-13H2. The van der Waals surface area contributed by atoms with E-state index in [4.69, 9.17) is 0 Å². The number of nitrogens with zero attached hydrogens (tertiary/aromatic N) is 3. The van der Waals surface area contributed by atoms with Gasteiger partial charge in [0.15, 0.2) is 11.5 Å². The van der Waals surface area contributed by atoms with E-state index >= 15 is 0 Å². The van der Waals surface area contributed by atoms with E-state index in [-0.39, 0.29) is 29.4 Å². The Bertz CT molecular complexity index is 1310. The quantitative estimate of drug-likeness (QED) is 0.448. The van der Waals surface area contributed by atoms with E-state index in [0.29, 0.717) is 12.1 Å². The van der Waals surface area contributed by atoms with E-state index in [1.807, 2.05) is 0 Å². The average molecular weight is 463 g/mol. The molecule has 5 rings (SSSR count). The second-order valence-corrected chi connectivity index (χ2v) is 8.11. The van der Waals surface area contributed by atoms with Gasteiger partial charge in [0.1, 0.15) is 23.6 Å². The van der Waals surface area contributed by atoms with Gasteiger partial charge in [-0.2, -0.15) is 5.10 Å². The lowest BCUT2D eigenvalue weighted by atomic mass is 9.92. The summed E-state index contributed by atoms with van der Waals surface area (Å²) in [6.07, 6.45) is 0.331. The van der Waals surface area contributed by atoms with E-state index in [9.17, 15) is 28.6 Å². The topological polar surface area (TPSA) is 93.4 Å². The van der Waals surface area contributed by atoms with Crippen molar-refractivity contribution < 1.29 is 28.6 Å². The van der Waals surface area contributed by atoms with Crippen molar-refractivity contribution in [1.29, 1.82) is 0 Å². The molecule has 1 saturated heterocycles. The summed E-state index contributed by atoms with van der Waals surface area (Å²) in [6.45, 7) is 0.0762. The number of amides is 2. The van der Waals surface area contributed by atoms with Gasteiger partial charge in [-0.25, -0.2) is 8.78 Å². The first-order valence-electron chi connectivity index (χ1n) is 10.6. The molecule has 1 fully saturated rings. The molecule has 2 atom stereocenters. The Balaban J connectivity index is 1.52. The second-order valence-electron chi connectivity index (χ2n) is 8.11. The van der Waals surface area contributed by atoms with Crippen LogP contribution in [0, 0.1) is 17.6 Å². The summed E-state index contributed by atoms with van der Waals surface area (Å²) in [5.41, 5.74) is 1.41. The van der Waals surface area contributed by atoms with Crippen molar-refractivity contribution in [2.75, 3.05) is 11.6 Å². The maximum absolute atomic E-state index is 13.5. The highest BCUT2D eigenvalue weighted by molar-refractivity contribution is 6.26. The molecule has 7 nitrogen and oxygen atoms in total. The number of hydrazone groups is 1. The number of phenolic OH excluding ortho intramolecular Hbond substituents is 2. The van der Waals surface area contributed by atoms with Gasteiger partial charge in [0, 0.05) is 12.1 Å². The predicted molar refractivity (Wildman–Crippen MR) is 119 cm³/mol. The van der Waals surface area contributed by atoms with Gasteiger partial charge in [-0.3, -0.25) is 19.5 Å². The van der Waals surface area contributed by atoms with E-state index in [0.717, 1.165) is 10.5 Å². The van der Waals surface area contributed by atoms with E-state index in [1.165, 1.54) is 59.6 Å². The molecule has 0 aliphatic carbocycles. The fourth-order valence-electron chi connectivity index (χ4n) is 4.35.